The third kappa shape index (κ3) is 3.19. The van der Waals surface area contributed by atoms with Crippen molar-refractivity contribution in [2.24, 2.45) is 0 Å². The van der Waals surface area contributed by atoms with Crippen LogP contribution in [0.4, 0.5) is 5.69 Å². The second-order valence-corrected chi connectivity index (χ2v) is 5.79. The molecule has 17 heavy (non-hydrogen) atoms. The fourth-order valence-electron chi connectivity index (χ4n) is 1.27. The normalized spacial score (nSPS) is 9.94. The summed E-state index contributed by atoms with van der Waals surface area (Å²) in [7, 11) is 0. The number of nitrogens with one attached hydrogen (secondary N) is 1. The molecule has 0 saturated carbocycles. The lowest BCUT2D eigenvalue weighted by Crippen LogP contribution is -1.97. The molecule has 0 spiro atoms. The standard InChI is InChI=1S/C11H7BrClN3S/c12-10-3-8(2-1-7(10)4-14)15-5-9-6-16-11(13)17-9/h1-3,6,15H,5H2. The molecule has 0 saturated heterocycles. The Hall–Kier alpha value is -1.09. The van der Waals surface area contributed by atoms with Gasteiger partial charge in [0.15, 0.2) is 4.47 Å². The number of nitrogens with zero attached hydrogens (tertiary/aromatic N) is 2. The molecule has 1 aromatic heterocycles. The van der Waals surface area contributed by atoms with E-state index in [0.717, 1.165) is 15.0 Å². The minimum atomic E-state index is 0.544. The van der Waals surface area contributed by atoms with Gasteiger partial charge in [-0.05, 0) is 34.1 Å². The van der Waals surface area contributed by atoms with Crippen molar-refractivity contribution in [1.82, 2.24) is 4.98 Å². The second kappa shape index (κ2) is 5.50. The van der Waals surface area contributed by atoms with Crippen molar-refractivity contribution in [3.05, 3.63) is 43.8 Å². The highest BCUT2D eigenvalue weighted by Crippen LogP contribution is 2.23. The highest BCUT2D eigenvalue weighted by atomic mass is 79.9. The molecule has 0 radical (unpaired) electrons. The van der Waals surface area contributed by atoms with Crippen LogP contribution in [-0.2, 0) is 6.54 Å². The lowest BCUT2D eigenvalue weighted by Gasteiger charge is -2.05. The Labute approximate surface area is 116 Å². The molecule has 1 N–H and O–H groups in total. The molecule has 6 heteroatoms. The zero-order valence-corrected chi connectivity index (χ0v) is 11.7. The lowest BCUT2D eigenvalue weighted by atomic mass is 10.2. The van der Waals surface area contributed by atoms with E-state index in [1.165, 1.54) is 11.3 Å². The summed E-state index contributed by atoms with van der Waals surface area (Å²) in [6.45, 7) is 0.669. The molecule has 0 bridgehead atoms. The van der Waals surface area contributed by atoms with Crippen LogP contribution in [0.5, 0.6) is 0 Å². The number of thiazole rings is 1. The van der Waals surface area contributed by atoms with Crippen molar-refractivity contribution in [2.75, 3.05) is 5.32 Å². The minimum Gasteiger partial charge on any atom is -0.380 e. The summed E-state index contributed by atoms with van der Waals surface area (Å²) in [5.74, 6) is 0. The van der Waals surface area contributed by atoms with E-state index in [-0.39, 0.29) is 0 Å². The van der Waals surface area contributed by atoms with Gasteiger partial charge in [-0.15, -0.1) is 11.3 Å². The van der Waals surface area contributed by atoms with Gasteiger partial charge in [0.05, 0.1) is 12.1 Å². The van der Waals surface area contributed by atoms with Crippen molar-refractivity contribution in [3.63, 3.8) is 0 Å². The summed E-state index contributed by atoms with van der Waals surface area (Å²) in [5, 5.41) is 12.0. The van der Waals surface area contributed by atoms with Crippen molar-refractivity contribution in [3.8, 4) is 6.07 Å². The van der Waals surface area contributed by atoms with Gasteiger partial charge < -0.3 is 5.32 Å². The van der Waals surface area contributed by atoms with Gasteiger partial charge in [0.25, 0.3) is 0 Å². The van der Waals surface area contributed by atoms with Crippen LogP contribution in [0.25, 0.3) is 0 Å². The summed E-state index contributed by atoms with van der Waals surface area (Å²) >= 11 is 10.5. The van der Waals surface area contributed by atoms with Crippen LogP contribution in [0.15, 0.2) is 28.9 Å². The fraction of sp³-hybridized carbons (Fsp3) is 0.0909. The monoisotopic (exact) mass is 327 g/mol. The van der Waals surface area contributed by atoms with E-state index in [1.807, 2.05) is 12.1 Å². The van der Waals surface area contributed by atoms with Crippen molar-refractivity contribution in [1.29, 1.82) is 5.26 Å². The van der Waals surface area contributed by atoms with E-state index in [9.17, 15) is 0 Å². The number of hydrogen-bond donors (Lipinski definition) is 1. The van der Waals surface area contributed by atoms with Gasteiger partial charge in [-0.1, -0.05) is 11.6 Å². The molecule has 0 aliphatic rings. The summed E-state index contributed by atoms with van der Waals surface area (Å²) in [6, 6.07) is 7.61. The Kier molecular flexibility index (Phi) is 4.00. The molecule has 86 valence electrons. The molecule has 0 unspecified atom stereocenters. The highest BCUT2D eigenvalue weighted by molar-refractivity contribution is 9.10. The number of anilines is 1. The first kappa shape index (κ1) is 12.4. The molecule has 0 aliphatic carbocycles. The SMILES string of the molecule is N#Cc1ccc(NCc2cnc(Cl)s2)cc1Br. The predicted octanol–water partition coefficient (Wildman–Crippen LogP) is 4.04. The molecule has 1 heterocycles. The summed E-state index contributed by atoms with van der Waals surface area (Å²) < 4.78 is 1.33. The predicted molar refractivity (Wildman–Crippen MR) is 73.3 cm³/mol. The molecule has 3 nitrogen and oxygen atoms in total. The van der Waals surface area contributed by atoms with E-state index >= 15 is 0 Å². The Morgan fingerprint density at radius 3 is 2.94 bits per heavy atom. The topological polar surface area (TPSA) is 48.7 Å². The Bertz CT molecular complexity index is 576. The minimum absolute atomic E-state index is 0.544. The number of rotatable bonds is 3. The first-order valence-corrected chi connectivity index (χ1v) is 6.71. The molecule has 2 rings (SSSR count). The molecular formula is C11H7BrClN3S. The zero-order chi connectivity index (χ0) is 12.3. The molecule has 1 aromatic carbocycles. The number of hydrogen-bond acceptors (Lipinski definition) is 4. The van der Waals surface area contributed by atoms with Crippen LogP contribution in [-0.4, -0.2) is 4.98 Å². The van der Waals surface area contributed by atoms with E-state index in [0.29, 0.717) is 16.6 Å². The second-order valence-electron chi connectivity index (χ2n) is 3.24. The van der Waals surface area contributed by atoms with E-state index < -0.39 is 0 Å². The number of benzene rings is 1. The fourth-order valence-corrected chi connectivity index (χ4v) is 2.66. The van der Waals surface area contributed by atoms with Gasteiger partial charge in [-0.25, -0.2) is 4.98 Å². The highest BCUT2D eigenvalue weighted by Gasteiger charge is 2.02. The Morgan fingerprint density at radius 1 is 1.53 bits per heavy atom. The average Bonchev–Trinajstić information content (AvgIpc) is 2.73. The summed E-state index contributed by atoms with van der Waals surface area (Å²) in [6.07, 6.45) is 1.75. The van der Waals surface area contributed by atoms with Crippen LogP contribution in [0.1, 0.15) is 10.4 Å². The Balaban J connectivity index is 2.05. The maximum Gasteiger partial charge on any atom is 0.183 e. The van der Waals surface area contributed by atoms with E-state index in [1.54, 1.807) is 12.3 Å². The summed E-state index contributed by atoms with van der Waals surface area (Å²) in [5.41, 5.74) is 1.57. The lowest BCUT2D eigenvalue weighted by molar-refractivity contribution is 1.17. The molecule has 0 aliphatic heterocycles. The molecular weight excluding hydrogens is 322 g/mol. The van der Waals surface area contributed by atoms with Gasteiger partial charge in [0.2, 0.25) is 0 Å². The molecule has 0 amide bonds. The number of aromatic nitrogens is 1. The van der Waals surface area contributed by atoms with E-state index in [4.69, 9.17) is 16.9 Å². The first-order chi connectivity index (χ1) is 8.19. The van der Waals surface area contributed by atoms with Gasteiger partial charge in [0, 0.05) is 21.2 Å². The smallest absolute Gasteiger partial charge is 0.183 e. The van der Waals surface area contributed by atoms with E-state index in [2.05, 4.69) is 32.3 Å². The number of nitriles is 1. The number of halogens is 2. The van der Waals surface area contributed by atoms with Crippen LogP contribution in [0, 0.1) is 11.3 Å². The quantitative estimate of drug-likeness (QED) is 0.925. The van der Waals surface area contributed by atoms with Crippen LogP contribution in [0.3, 0.4) is 0 Å². The largest absolute Gasteiger partial charge is 0.380 e. The maximum atomic E-state index is 8.80. The first-order valence-electron chi connectivity index (χ1n) is 4.73. The molecule has 2 aromatic rings. The maximum absolute atomic E-state index is 8.80. The Morgan fingerprint density at radius 2 is 2.35 bits per heavy atom. The van der Waals surface area contributed by atoms with Gasteiger partial charge >= 0.3 is 0 Å². The molecule has 0 atom stereocenters. The molecule has 0 fully saturated rings. The van der Waals surface area contributed by atoms with Gasteiger partial charge in [0.1, 0.15) is 6.07 Å². The zero-order valence-electron chi connectivity index (χ0n) is 8.58. The van der Waals surface area contributed by atoms with Crippen molar-refractivity contribution >= 4 is 44.6 Å². The van der Waals surface area contributed by atoms with Crippen LogP contribution >= 0.6 is 38.9 Å². The third-order valence-corrected chi connectivity index (χ3v) is 3.85. The third-order valence-electron chi connectivity index (χ3n) is 2.08. The van der Waals surface area contributed by atoms with Gasteiger partial charge in [-0.3, -0.25) is 0 Å². The average molecular weight is 329 g/mol. The van der Waals surface area contributed by atoms with Crippen molar-refractivity contribution < 1.29 is 0 Å². The van der Waals surface area contributed by atoms with Crippen LogP contribution in [0.2, 0.25) is 4.47 Å². The van der Waals surface area contributed by atoms with Crippen molar-refractivity contribution in [2.45, 2.75) is 6.54 Å². The van der Waals surface area contributed by atoms with Gasteiger partial charge in [-0.2, -0.15) is 5.26 Å². The van der Waals surface area contributed by atoms with Crippen LogP contribution < -0.4 is 5.32 Å². The summed E-state index contributed by atoms with van der Waals surface area (Å²) in [4.78, 5) is 5.03.